The van der Waals surface area contributed by atoms with Crippen LogP contribution in [0.3, 0.4) is 0 Å². The fraction of sp³-hybridized carbons (Fsp3) is 0.538. The lowest BCUT2D eigenvalue weighted by Crippen LogP contribution is -2.30. The molecule has 5 nitrogen and oxygen atoms in total. The molecule has 0 aliphatic carbocycles. The molecule has 18 heavy (non-hydrogen) atoms. The van der Waals surface area contributed by atoms with E-state index in [1.54, 1.807) is 12.3 Å². The van der Waals surface area contributed by atoms with Crippen molar-refractivity contribution in [2.45, 2.75) is 13.3 Å². The Morgan fingerprint density at radius 1 is 1.56 bits per heavy atom. The van der Waals surface area contributed by atoms with Crippen LogP contribution >= 0.6 is 0 Å². The number of rotatable bonds is 5. The molecular weight excluding hydrogens is 230 g/mol. The smallest absolute Gasteiger partial charge is 0.269 e. The third-order valence-corrected chi connectivity index (χ3v) is 2.95. The highest BCUT2D eigenvalue weighted by Gasteiger charge is 2.17. The average molecular weight is 249 g/mol. The van der Waals surface area contributed by atoms with Crippen LogP contribution in [0.25, 0.3) is 0 Å². The summed E-state index contributed by atoms with van der Waals surface area (Å²) >= 11 is 0. The summed E-state index contributed by atoms with van der Waals surface area (Å²) < 4.78 is 5.26. The zero-order chi connectivity index (χ0) is 12.8. The minimum absolute atomic E-state index is 0.120. The van der Waals surface area contributed by atoms with E-state index in [0.717, 1.165) is 31.9 Å². The van der Waals surface area contributed by atoms with E-state index in [1.807, 2.05) is 13.0 Å². The predicted molar refractivity (Wildman–Crippen MR) is 69.7 cm³/mol. The van der Waals surface area contributed by atoms with Crippen molar-refractivity contribution >= 4 is 11.6 Å². The van der Waals surface area contributed by atoms with Crippen LogP contribution in [0.15, 0.2) is 18.3 Å². The molecule has 5 heteroatoms. The highest BCUT2D eigenvalue weighted by Crippen LogP contribution is 2.11. The molecule has 0 radical (unpaired) electrons. The van der Waals surface area contributed by atoms with Crippen LogP contribution in [0.1, 0.15) is 23.8 Å². The summed E-state index contributed by atoms with van der Waals surface area (Å²) in [4.78, 5) is 16.0. The first-order valence-electron chi connectivity index (χ1n) is 6.35. The number of nitrogens with zero attached hydrogens (tertiary/aromatic N) is 1. The van der Waals surface area contributed by atoms with Crippen LogP contribution < -0.4 is 10.6 Å². The number of hydrogen-bond donors (Lipinski definition) is 2. The van der Waals surface area contributed by atoms with Crippen LogP contribution in [0.2, 0.25) is 0 Å². The van der Waals surface area contributed by atoms with Crippen LogP contribution in [0, 0.1) is 5.92 Å². The second kappa shape index (κ2) is 6.35. The SMILES string of the molecule is CCNc1ccc(C(=O)NCC2CCOC2)nc1. The molecule has 2 heterocycles. The first kappa shape index (κ1) is 12.8. The van der Waals surface area contributed by atoms with E-state index < -0.39 is 0 Å². The Balaban J connectivity index is 1.83. The van der Waals surface area contributed by atoms with Crippen molar-refractivity contribution in [3.05, 3.63) is 24.0 Å². The number of carbonyl (C=O) groups is 1. The van der Waals surface area contributed by atoms with Gasteiger partial charge in [0.25, 0.3) is 5.91 Å². The highest BCUT2D eigenvalue weighted by atomic mass is 16.5. The lowest BCUT2D eigenvalue weighted by atomic mass is 10.1. The van der Waals surface area contributed by atoms with Crippen LogP contribution in [-0.4, -0.2) is 37.2 Å². The monoisotopic (exact) mass is 249 g/mol. The van der Waals surface area contributed by atoms with Crippen molar-refractivity contribution in [3.8, 4) is 0 Å². The van der Waals surface area contributed by atoms with Crippen molar-refractivity contribution in [1.29, 1.82) is 0 Å². The molecule has 1 aromatic rings. The molecule has 1 amide bonds. The minimum atomic E-state index is -0.120. The second-order valence-electron chi connectivity index (χ2n) is 4.40. The van der Waals surface area contributed by atoms with Gasteiger partial charge in [0.1, 0.15) is 5.69 Å². The van der Waals surface area contributed by atoms with Crippen LogP contribution in [0.5, 0.6) is 0 Å². The largest absolute Gasteiger partial charge is 0.384 e. The molecule has 0 spiro atoms. The van der Waals surface area contributed by atoms with E-state index in [2.05, 4.69) is 15.6 Å². The first-order chi connectivity index (χ1) is 8.79. The molecule has 1 aromatic heterocycles. The summed E-state index contributed by atoms with van der Waals surface area (Å²) in [6.45, 7) is 5.07. The molecule has 2 N–H and O–H groups in total. The number of hydrogen-bond acceptors (Lipinski definition) is 4. The molecule has 1 fully saturated rings. The molecule has 1 aliphatic rings. The van der Waals surface area contributed by atoms with E-state index >= 15 is 0 Å². The van der Waals surface area contributed by atoms with Gasteiger partial charge in [0.05, 0.1) is 18.5 Å². The molecule has 0 saturated carbocycles. The molecule has 1 saturated heterocycles. The van der Waals surface area contributed by atoms with Gasteiger partial charge in [-0.15, -0.1) is 0 Å². The Hall–Kier alpha value is -1.62. The maximum atomic E-state index is 11.8. The van der Waals surface area contributed by atoms with Gasteiger partial charge in [0.15, 0.2) is 0 Å². The number of pyridine rings is 1. The quantitative estimate of drug-likeness (QED) is 0.825. The van der Waals surface area contributed by atoms with Crippen molar-refractivity contribution in [1.82, 2.24) is 10.3 Å². The summed E-state index contributed by atoms with van der Waals surface area (Å²) in [7, 11) is 0. The zero-order valence-electron chi connectivity index (χ0n) is 10.6. The van der Waals surface area contributed by atoms with Crippen molar-refractivity contribution in [3.63, 3.8) is 0 Å². The van der Waals surface area contributed by atoms with E-state index in [0.29, 0.717) is 18.2 Å². The second-order valence-corrected chi connectivity index (χ2v) is 4.40. The third kappa shape index (κ3) is 3.43. The van der Waals surface area contributed by atoms with Gasteiger partial charge in [-0.05, 0) is 25.5 Å². The fourth-order valence-corrected chi connectivity index (χ4v) is 1.91. The van der Waals surface area contributed by atoms with E-state index in [1.165, 1.54) is 0 Å². The molecule has 0 aromatic carbocycles. The summed E-state index contributed by atoms with van der Waals surface area (Å²) in [5, 5.41) is 6.03. The molecule has 1 atom stereocenters. The van der Waals surface area contributed by atoms with Crippen molar-refractivity contribution in [2.75, 3.05) is 31.6 Å². The Bertz CT molecular complexity index is 386. The van der Waals surface area contributed by atoms with Crippen molar-refractivity contribution in [2.24, 2.45) is 5.92 Å². The van der Waals surface area contributed by atoms with E-state index in [4.69, 9.17) is 4.74 Å². The standard InChI is InChI=1S/C13H19N3O2/c1-2-14-11-3-4-12(15-8-11)13(17)16-7-10-5-6-18-9-10/h3-4,8,10,14H,2,5-7,9H2,1H3,(H,16,17). The number of anilines is 1. The van der Waals surface area contributed by atoms with Gasteiger partial charge in [-0.3, -0.25) is 4.79 Å². The third-order valence-electron chi connectivity index (χ3n) is 2.95. The summed E-state index contributed by atoms with van der Waals surface area (Å²) in [6, 6.07) is 3.60. The van der Waals surface area contributed by atoms with E-state index in [-0.39, 0.29) is 5.91 Å². The van der Waals surface area contributed by atoms with Crippen LogP contribution in [0.4, 0.5) is 5.69 Å². The minimum Gasteiger partial charge on any atom is -0.384 e. The molecule has 0 bridgehead atoms. The Kier molecular flexibility index (Phi) is 4.52. The maximum absolute atomic E-state index is 11.8. The number of carbonyl (C=O) groups excluding carboxylic acids is 1. The highest BCUT2D eigenvalue weighted by molar-refractivity contribution is 5.92. The number of amides is 1. The number of nitrogens with one attached hydrogen (secondary N) is 2. The predicted octanol–water partition coefficient (Wildman–Crippen LogP) is 1.28. The van der Waals surface area contributed by atoms with Gasteiger partial charge < -0.3 is 15.4 Å². The van der Waals surface area contributed by atoms with Gasteiger partial charge in [-0.1, -0.05) is 0 Å². The molecule has 2 rings (SSSR count). The Morgan fingerprint density at radius 2 is 2.44 bits per heavy atom. The van der Waals surface area contributed by atoms with Crippen LogP contribution in [-0.2, 0) is 4.74 Å². The van der Waals surface area contributed by atoms with Gasteiger partial charge >= 0.3 is 0 Å². The number of ether oxygens (including phenoxy) is 1. The average Bonchev–Trinajstić information content (AvgIpc) is 2.90. The number of aromatic nitrogens is 1. The Labute approximate surface area is 107 Å². The van der Waals surface area contributed by atoms with Gasteiger partial charge in [0.2, 0.25) is 0 Å². The zero-order valence-corrected chi connectivity index (χ0v) is 10.6. The lowest BCUT2D eigenvalue weighted by Gasteiger charge is -2.09. The summed E-state index contributed by atoms with van der Waals surface area (Å²) in [6.07, 6.45) is 2.70. The molecular formula is C13H19N3O2. The normalized spacial score (nSPS) is 18.6. The first-order valence-corrected chi connectivity index (χ1v) is 6.35. The molecule has 98 valence electrons. The topological polar surface area (TPSA) is 63.2 Å². The maximum Gasteiger partial charge on any atom is 0.269 e. The summed E-state index contributed by atoms with van der Waals surface area (Å²) in [5.41, 5.74) is 1.38. The van der Waals surface area contributed by atoms with Crippen molar-refractivity contribution < 1.29 is 9.53 Å². The Morgan fingerprint density at radius 3 is 3.06 bits per heavy atom. The van der Waals surface area contributed by atoms with E-state index in [9.17, 15) is 4.79 Å². The van der Waals surface area contributed by atoms with Gasteiger partial charge in [-0.2, -0.15) is 0 Å². The fourth-order valence-electron chi connectivity index (χ4n) is 1.91. The molecule has 1 unspecified atom stereocenters. The van der Waals surface area contributed by atoms with Gasteiger partial charge in [0, 0.05) is 25.6 Å². The lowest BCUT2D eigenvalue weighted by molar-refractivity contribution is 0.0940. The summed E-state index contributed by atoms with van der Waals surface area (Å²) in [5.74, 6) is 0.319. The molecule has 1 aliphatic heterocycles. The van der Waals surface area contributed by atoms with Gasteiger partial charge in [-0.25, -0.2) is 4.98 Å².